The lowest BCUT2D eigenvalue weighted by Gasteiger charge is -2.25. The second kappa shape index (κ2) is 57.6. The summed E-state index contributed by atoms with van der Waals surface area (Å²) in [5.74, 6) is -1.01. The largest absolute Gasteiger partial charge is 0.478 e. The third-order valence-corrected chi connectivity index (χ3v) is 30.2. The van der Waals surface area contributed by atoms with Crippen LogP contribution in [-0.2, 0) is 25.7 Å². The van der Waals surface area contributed by atoms with Crippen molar-refractivity contribution in [2.75, 3.05) is 0 Å². The van der Waals surface area contributed by atoms with Crippen LogP contribution < -0.4 is 0 Å². The summed E-state index contributed by atoms with van der Waals surface area (Å²) in [6.45, 7) is 9.20. The minimum Gasteiger partial charge on any atom is -0.478 e. The van der Waals surface area contributed by atoms with E-state index in [2.05, 4.69) is 258 Å². The number of hydrogen-bond acceptors (Lipinski definition) is 7. The van der Waals surface area contributed by atoms with Crippen LogP contribution >= 0.6 is 0 Å². The van der Waals surface area contributed by atoms with Gasteiger partial charge in [0.25, 0.3) is 0 Å². The Bertz CT molecular complexity index is 6650. The number of aryl methyl sites for hydroxylation is 4. The first kappa shape index (κ1) is 106. The van der Waals surface area contributed by atoms with Crippen molar-refractivity contribution < 1.29 is 9.90 Å². The summed E-state index contributed by atoms with van der Waals surface area (Å²) >= 11 is 0. The third-order valence-electron chi connectivity index (χ3n) is 30.2. The molecule has 16 rings (SSSR count). The summed E-state index contributed by atoms with van der Waals surface area (Å²) in [6, 6.07) is 108. The highest BCUT2D eigenvalue weighted by atomic mass is 16.4. The molecule has 0 bridgehead atoms. The van der Waals surface area contributed by atoms with Crippen LogP contribution in [0.3, 0.4) is 0 Å². The van der Waals surface area contributed by atoms with Gasteiger partial charge in [0.15, 0.2) is 0 Å². The predicted molar refractivity (Wildman–Crippen MR) is 624 cm³/mol. The number of aromatic carboxylic acids is 1. The Morgan fingerprint density at radius 1 is 0.177 bits per heavy atom. The van der Waals surface area contributed by atoms with E-state index in [1.54, 1.807) is 12.1 Å². The van der Waals surface area contributed by atoms with Crippen LogP contribution in [0.4, 0.5) is 0 Å². The van der Waals surface area contributed by atoms with E-state index >= 15 is 0 Å². The van der Waals surface area contributed by atoms with E-state index in [-0.39, 0.29) is 5.56 Å². The van der Waals surface area contributed by atoms with Gasteiger partial charge < -0.3 is 5.11 Å². The summed E-state index contributed by atoms with van der Waals surface area (Å²) in [7, 11) is 0. The Balaban J connectivity index is 0.859. The quantitative estimate of drug-likeness (QED) is 0.0375. The molecule has 0 fully saturated rings. The first-order chi connectivity index (χ1) is 72.7. The molecular weight excluding hydrogens is 1790 g/mol. The van der Waals surface area contributed by atoms with Gasteiger partial charge in [-0.25, -0.2) is 4.79 Å². The second-order valence-electron chi connectivity index (χ2n) is 41.1. The van der Waals surface area contributed by atoms with E-state index in [0.717, 1.165) is 206 Å². The Kier molecular flexibility index (Phi) is 41.7. The van der Waals surface area contributed by atoms with Gasteiger partial charge in [0.1, 0.15) is 0 Å². The lowest BCUT2D eigenvalue weighted by molar-refractivity contribution is 0.0696. The zero-order valence-corrected chi connectivity index (χ0v) is 88.4. The average molecular weight is 1940 g/mol. The van der Waals surface area contributed by atoms with Crippen LogP contribution in [-0.4, -0.2) is 41.0 Å². The number of pyridine rings is 6. The highest BCUT2D eigenvalue weighted by Gasteiger charge is 2.31. The van der Waals surface area contributed by atoms with Gasteiger partial charge in [-0.05, 0) is 260 Å². The molecule has 0 saturated heterocycles. The van der Waals surface area contributed by atoms with E-state index in [1.165, 1.54) is 266 Å². The monoisotopic (exact) mass is 1940 g/mol. The van der Waals surface area contributed by atoms with Gasteiger partial charge in [0, 0.05) is 87.3 Å². The van der Waals surface area contributed by atoms with E-state index in [9.17, 15) is 9.90 Å². The van der Waals surface area contributed by atoms with Crippen molar-refractivity contribution in [2.24, 2.45) is 0 Å². The molecule has 0 aliphatic carbocycles. The van der Waals surface area contributed by atoms with Gasteiger partial charge in [0.2, 0.25) is 0 Å². The average Bonchev–Trinajstić information content (AvgIpc) is 0.744. The maximum atomic E-state index is 13.4. The zero-order chi connectivity index (χ0) is 101. The summed E-state index contributed by atoms with van der Waals surface area (Å²) in [4.78, 5) is 45.3. The minimum atomic E-state index is -1.01. The molecule has 0 aliphatic heterocycles. The van der Waals surface area contributed by atoms with Crippen LogP contribution in [0.5, 0.6) is 0 Å². The molecule has 754 valence electrons. The van der Waals surface area contributed by atoms with Crippen LogP contribution in [0.15, 0.2) is 334 Å². The highest BCUT2D eigenvalue weighted by Crippen LogP contribution is 2.56. The Hall–Kier alpha value is -13.4. The van der Waals surface area contributed by atoms with Crippen LogP contribution in [0.2, 0.25) is 0 Å². The first-order valence-corrected chi connectivity index (χ1v) is 56.8. The fourth-order valence-corrected chi connectivity index (χ4v) is 22.1. The number of benzene rings is 10. The van der Waals surface area contributed by atoms with E-state index in [0.29, 0.717) is 0 Å². The highest BCUT2D eigenvalue weighted by molar-refractivity contribution is 6.11. The molecule has 0 amide bonds. The van der Waals surface area contributed by atoms with Crippen LogP contribution in [0.1, 0.15) is 317 Å². The van der Waals surface area contributed by atoms with E-state index < -0.39 is 5.97 Å². The summed E-state index contributed by atoms with van der Waals surface area (Å²) < 4.78 is 0. The number of carboxylic acid groups (broad SMARTS) is 1. The molecule has 0 aliphatic rings. The maximum absolute atomic E-state index is 13.4. The first-order valence-electron chi connectivity index (χ1n) is 56.8. The minimum absolute atomic E-state index is 0.178. The van der Waals surface area contributed by atoms with Crippen molar-refractivity contribution in [3.63, 3.8) is 0 Å². The van der Waals surface area contributed by atoms with Gasteiger partial charge in [-0.3, -0.25) is 29.9 Å². The van der Waals surface area contributed by atoms with Crippen molar-refractivity contribution in [1.29, 1.82) is 0 Å². The number of nitrogens with zero attached hydrogens (tertiary/aromatic N) is 6. The molecule has 0 unspecified atom stereocenters. The van der Waals surface area contributed by atoms with Crippen molar-refractivity contribution in [3.8, 4) is 168 Å². The number of hydrogen-bond donors (Lipinski definition) is 1. The fourth-order valence-electron chi connectivity index (χ4n) is 22.1. The third kappa shape index (κ3) is 29.5. The van der Waals surface area contributed by atoms with Gasteiger partial charge in [-0.15, -0.1) is 0 Å². The summed E-state index contributed by atoms with van der Waals surface area (Å²) in [5.41, 5.74) is 34.5. The smallest absolute Gasteiger partial charge is 0.335 e. The van der Waals surface area contributed by atoms with Crippen molar-refractivity contribution >= 4 is 5.97 Å². The number of carbonyl (C=O) groups is 1. The maximum Gasteiger partial charge on any atom is 0.335 e. The van der Waals surface area contributed by atoms with E-state index in [4.69, 9.17) is 29.9 Å². The molecule has 1 N–H and O–H groups in total. The molecule has 6 heterocycles. The van der Waals surface area contributed by atoms with Gasteiger partial charge in [-0.1, -0.05) is 453 Å². The van der Waals surface area contributed by atoms with Gasteiger partial charge in [-0.2, -0.15) is 0 Å². The zero-order valence-electron chi connectivity index (χ0n) is 88.4. The number of aromatic nitrogens is 6. The normalized spacial score (nSPS) is 11.4. The van der Waals surface area contributed by atoms with Gasteiger partial charge >= 0.3 is 5.97 Å². The summed E-state index contributed by atoms with van der Waals surface area (Å²) in [5, 5.41) is 10.9. The predicted octanol–water partition coefficient (Wildman–Crippen LogP) is 40.6. The molecule has 147 heavy (non-hydrogen) atoms. The Morgan fingerprint density at radius 3 is 0.605 bits per heavy atom. The summed E-state index contributed by atoms with van der Waals surface area (Å²) in [6.07, 6.45) is 67.8. The lowest BCUT2D eigenvalue weighted by atomic mass is 9.78. The van der Waals surface area contributed by atoms with E-state index in [1.807, 2.05) is 91.8 Å². The molecular formula is C139H156N6O2. The molecule has 0 atom stereocenters. The number of unbranched alkanes of at least 4 members (excludes halogenated alkanes) is 36. The van der Waals surface area contributed by atoms with Crippen LogP contribution in [0, 0.1) is 0 Å². The second-order valence-corrected chi connectivity index (χ2v) is 41.1. The molecule has 0 saturated carbocycles. The van der Waals surface area contributed by atoms with Crippen molar-refractivity contribution in [3.05, 3.63) is 362 Å². The molecule has 10 aromatic carbocycles. The van der Waals surface area contributed by atoms with Gasteiger partial charge in [0.05, 0.1) is 39.7 Å². The van der Waals surface area contributed by atoms with Crippen molar-refractivity contribution in [1.82, 2.24) is 29.9 Å². The number of rotatable bonds is 60. The Morgan fingerprint density at radius 2 is 0.381 bits per heavy atom. The fraction of sp³-hybridized carbons (Fsp3) is 0.345. The molecule has 8 heteroatoms. The van der Waals surface area contributed by atoms with Crippen LogP contribution in [0.25, 0.3) is 168 Å². The molecule has 0 radical (unpaired) electrons. The SMILES string of the molecule is CCCCCCCCCCCCc1ccc(-c2c(-c3ccccn3)cc(-c3ccc(-c4c(-c5ccccn5)cc(-c5cccc(C(=O)O)c5)c(-c5ccccn5)c4-c4ccc(-c5cc(-c6ccccn6)c(-c6ccc(CCCCCCCCCCCC)cc6)c(-c6ccc(CCCCCCCCCCCC)cc6)c5-c5ccccn5)cc4)cc3)c(-c3ccccn3)c2-c2ccc(CCCCCCCCCCCC)cc2)cc1. The standard InChI is InChI=1S/C139H156N6O2/c1-5-9-13-17-21-25-29-33-37-41-58-104-70-78-110(79-71-104)130-121(124-64-45-51-94-140-124)101-118(136(127-67-48-54-97-143-127)133(130)113-82-74-106(75-83-113)60-43-39-35-31-27-23-19-15-11-7-3)108-86-90-112(91-87-108)132-123(126-66-47-53-96-142-126)103-120(116-62-57-63-117(100-116)139(146)147)138(129-69-50-56-99-145-129)135(132)115-92-88-109(89-93-115)119-102-122(125-65-46-52-95-141-125)131(111-80-72-105(73-81-111)59-42-38-34-30-26-22-18-14-10-6-2)134(137(119)128-68-49-55-98-144-128)114-84-76-107(77-85-114)61-44-40-36-32-28-24-20-16-12-8-4/h45-57,62-103H,5-44,58-61H2,1-4H3,(H,146,147). The van der Waals surface area contributed by atoms with Crippen molar-refractivity contribution in [2.45, 2.75) is 310 Å². The lowest BCUT2D eigenvalue weighted by Crippen LogP contribution is -2.02. The molecule has 0 spiro atoms. The number of carboxylic acids is 1. The molecule has 16 aromatic rings. The molecule has 6 aromatic heterocycles. The molecule has 8 nitrogen and oxygen atoms in total. The Labute approximate surface area is 879 Å². The topological polar surface area (TPSA) is 115 Å².